The van der Waals surface area contributed by atoms with E-state index in [1.165, 1.54) is 0 Å². The van der Waals surface area contributed by atoms with Gasteiger partial charge < -0.3 is 14.4 Å². The molecule has 10 nitrogen and oxygen atoms in total. The second kappa shape index (κ2) is 11.1. The molecule has 0 spiro atoms. The van der Waals surface area contributed by atoms with Gasteiger partial charge >= 0.3 is 0 Å². The molecule has 2 atom stereocenters. The highest BCUT2D eigenvalue weighted by molar-refractivity contribution is 6.07. The summed E-state index contributed by atoms with van der Waals surface area (Å²) >= 11 is 0. The summed E-state index contributed by atoms with van der Waals surface area (Å²) in [5.41, 5.74) is 1.38. The number of rotatable bonds is 6. The number of hydrogen-bond acceptors (Lipinski definition) is 7. The molecule has 10 heteroatoms. The van der Waals surface area contributed by atoms with Gasteiger partial charge in [0.25, 0.3) is 0 Å². The fourth-order valence-electron chi connectivity index (χ4n) is 6.31. The minimum absolute atomic E-state index is 0.0156. The van der Waals surface area contributed by atoms with Gasteiger partial charge in [-0.05, 0) is 49.3 Å². The van der Waals surface area contributed by atoms with Crippen LogP contribution in [-0.4, -0.2) is 84.0 Å². The number of nitrogens with zero attached hydrogens (tertiary/aromatic N) is 4. The summed E-state index contributed by atoms with van der Waals surface area (Å²) in [6.45, 7) is 4.42. The van der Waals surface area contributed by atoms with Gasteiger partial charge in [0, 0.05) is 37.4 Å². The van der Waals surface area contributed by atoms with Crippen molar-refractivity contribution in [3.63, 3.8) is 0 Å². The molecule has 4 amide bonds. The predicted molar refractivity (Wildman–Crippen MR) is 148 cm³/mol. The van der Waals surface area contributed by atoms with Crippen molar-refractivity contribution in [3.8, 4) is 11.5 Å². The highest BCUT2D eigenvalue weighted by Crippen LogP contribution is 2.38. The molecule has 1 aliphatic carbocycles. The number of hydrazone groups is 1. The normalized spacial score (nSPS) is 25.1. The number of hydrogen-bond donors (Lipinski definition) is 0. The zero-order chi connectivity index (χ0) is 28.6. The number of imide groups is 1. The maximum Gasteiger partial charge on any atom is 0.247 e. The molecule has 2 fully saturated rings. The predicted octanol–water partition coefficient (Wildman–Crippen LogP) is 3.00. The number of benzene rings is 1. The van der Waals surface area contributed by atoms with E-state index in [1.54, 1.807) is 24.1 Å². The van der Waals surface area contributed by atoms with Crippen LogP contribution in [-0.2, 0) is 19.2 Å². The third kappa shape index (κ3) is 5.36. The summed E-state index contributed by atoms with van der Waals surface area (Å²) in [6, 6.07) is 5.58. The molecule has 3 aliphatic heterocycles. The van der Waals surface area contributed by atoms with Crippen molar-refractivity contribution in [2.24, 2.45) is 22.4 Å². The number of fused-ring (bicyclic) bond motifs is 1. The Labute approximate surface area is 234 Å². The van der Waals surface area contributed by atoms with Crippen molar-refractivity contribution < 1.29 is 28.7 Å². The van der Waals surface area contributed by atoms with Crippen LogP contribution in [0.3, 0.4) is 0 Å². The summed E-state index contributed by atoms with van der Waals surface area (Å²) in [5.74, 6) is 0.226. The van der Waals surface area contributed by atoms with Crippen LogP contribution < -0.4 is 9.47 Å². The van der Waals surface area contributed by atoms with Gasteiger partial charge in [-0.2, -0.15) is 5.10 Å². The molecular weight excluding hydrogens is 512 g/mol. The number of likely N-dealkylation sites (tertiary alicyclic amines) is 2. The van der Waals surface area contributed by atoms with Gasteiger partial charge in [-0.25, -0.2) is 5.01 Å². The lowest BCUT2D eigenvalue weighted by Gasteiger charge is -2.43. The van der Waals surface area contributed by atoms with Crippen LogP contribution in [0.25, 0.3) is 0 Å². The number of methoxy groups -OCH3 is 2. The van der Waals surface area contributed by atoms with Crippen molar-refractivity contribution in [2.75, 3.05) is 33.9 Å². The first-order chi connectivity index (χ1) is 19.1. The SMILES string of the molecule is COc1ccc(C2=NN(C3CCN(C(=O)CN4C(=O)CC(C)(C)CC4=O)CC3)C(=O)[C@@H]3CC=CC[C@H]23)cc1OC. The highest BCUT2D eigenvalue weighted by Gasteiger charge is 2.44. The van der Waals surface area contributed by atoms with E-state index in [1.807, 2.05) is 32.0 Å². The Hall–Kier alpha value is -3.69. The topological polar surface area (TPSA) is 109 Å². The zero-order valence-corrected chi connectivity index (χ0v) is 23.7. The number of piperidine rings is 2. The lowest BCUT2D eigenvalue weighted by atomic mass is 9.76. The molecule has 5 rings (SSSR count). The first-order valence-electron chi connectivity index (χ1n) is 14.0. The van der Waals surface area contributed by atoms with Crippen LogP contribution in [0.5, 0.6) is 11.5 Å². The fourth-order valence-corrected chi connectivity index (χ4v) is 6.31. The van der Waals surface area contributed by atoms with E-state index in [4.69, 9.17) is 14.6 Å². The van der Waals surface area contributed by atoms with E-state index in [-0.39, 0.29) is 66.3 Å². The lowest BCUT2D eigenvalue weighted by Crippen LogP contribution is -2.55. The molecule has 3 heterocycles. The van der Waals surface area contributed by atoms with Gasteiger partial charge in [-0.1, -0.05) is 26.0 Å². The third-order valence-electron chi connectivity index (χ3n) is 8.54. The Morgan fingerprint density at radius 1 is 0.950 bits per heavy atom. The third-order valence-corrected chi connectivity index (χ3v) is 8.54. The van der Waals surface area contributed by atoms with Gasteiger partial charge in [0.1, 0.15) is 6.54 Å². The fraction of sp³-hybridized carbons (Fsp3) is 0.567. The van der Waals surface area contributed by atoms with E-state index in [9.17, 15) is 19.2 Å². The smallest absolute Gasteiger partial charge is 0.247 e. The Balaban J connectivity index is 1.30. The number of amides is 4. The van der Waals surface area contributed by atoms with Crippen LogP contribution in [0.1, 0.15) is 57.9 Å². The van der Waals surface area contributed by atoms with Gasteiger partial charge in [0.2, 0.25) is 23.6 Å². The van der Waals surface area contributed by atoms with Gasteiger partial charge in [-0.15, -0.1) is 0 Å². The van der Waals surface area contributed by atoms with E-state index in [2.05, 4.69) is 12.2 Å². The maximum atomic E-state index is 13.6. The Morgan fingerprint density at radius 2 is 1.57 bits per heavy atom. The highest BCUT2D eigenvalue weighted by atomic mass is 16.5. The number of ether oxygens (including phenoxy) is 2. The monoisotopic (exact) mass is 550 g/mol. The van der Waals surface area contributed by atoms with Crippen LogP contribution in [0.2, 0.25) is 0 Å². The number of carbonyl (C=O) groups is 4. The van der Waals surface area contributed by atoms with Crippen molar-refractivity contribution >= 4 is 29.3 Å². The molecule has 1 aromatic carbocycles. The summed E-state index contributed by atoms with van der Waals surface area (Å²) in [5, 5.41) is 6.58. The largest absolute Gasteiger partial charge is 0.493 e. The Bertz CT molecular complexity index is 1240. The molecule has 0 bridgehead atoms. The lowest BCUT2D eigenvalue weighted by molar-refractivity contribution is -0.157. The molecule has 0 saturated carbocycles. The van der Waals surface area contributed by atoms with Gasteiger partial charge in [-0.3, -0.25) is 24.1 Å². The van der Waals surface area contributed by atoms with E-state index in [0.29, 0.717) is 43.9 Å². The molecular formula is C30H38N4O6. The molecule has 0 unspecified atom stereocenters. The Kier molecular flexibility index (Phi) is 7.70. The summed E-state index contributed by atoms with van der Waals surface area (Å²) in [4.78, 5) is 54.5. The summed E-state index contributed by atoms with van der Waals surface area (Å²) < 4.78 is 10.9. The second-order valence-corrected chi connectivity index (χ2v) is 11.9. The van der Waals surface area contributed by atoms with Gasteiger partial charge in [0.15, 0.2) is 11.5 Å². The minimum atomic E-state index is -0.378. The maximum absolute atomic E-state index is 13.6. The summed E-state index contributed by atoms with van der Waals surface area (Å²) in [7, 11) is 3.19. The van der Waals surface area contributed by atoms with Gasteiger partial charge in [0.05, 0.1) is 31.9 Å². The average molecular weight is 551 g/mol. The second-order valence-electron chi connectivity index (χ2n) is 11.9. The molecule has 0 N–H and O–H groups in total. The van der Waals surface area contributed by atoms with E-state index < -0.39 is 0 Å². The average Bonchev–Trinajstić information content (AvgIpc) is 2.94. The zero-order valence-electron chi connectivity index (χ0n) is 23.7. The van der Waals surface area contributed by atoms with E-state index in [0.717, 1.165) is 22.6 Å². The van der Waals surface area contributed by atoms with Crippen molar-refractivity contribution in [3.05, 3.63) is 35.9 Å². The molecule has 0 radical (unpaired) electrons. The quantitative estimate of drug-likeness (QED) is 0.398. The molecule has 1 aromatic rings. The van der Waals surface area contributed by atoms with Crippen molar-refractivity contribution in [2.45, 2.75) is 58.4 Å². The standard InChI is InChI=1S/C30H38N4O6/c1-30(2)16-25(35)33(26(36)17-30)18-27(37)32-13-11-20(12-14-32)34-29(38)22-8-6-5-7-21(22)28(31-34)19-9-10-23(39-3)24(15-19)40-4/h5-6,9-10,15,20-22H,7-8,11-14,16-18H2,1-4H3/t21-,22+/m0/s1. The molecule has 214 valence electrons. The summed E-state index contributed by atoms with van der Waals surface area (Å²) in [6.07, 6.45) is 7.24. The van der Waals surface area contributed by atoms with Crippen molar-refractivity contribution in [1.29, 1.82) is 0 Å². The van der Waals surface area contributed by atoms with E-state index >= 15 is 0 Å². The molecule has 0 aromatic heterocycles. The molecule has 4 aliphatic rings. The number of allylic oxidation sites excluding steroid dienone is 2. The van der Waals surface area contributed by atoms with Crippen LogP contribution in [0.4, 0.5) is 0 Å². The van der Waals surface area contributed by atoms with Crippen LogP contribution in [0.15, 0.2) is 35.5 Å². The van der Waals surface area contributed by atoms with Crippen LogP contribution >= 0.6 is 0 Å². The number of carbonyl (C=O) groups excluding carboxylic acids is 4. The molecule has 40 heavy (non-hydrogen) atoms. The minimum Gasteiger partial charge on any atom is -0.493 e. The Morgan fingerprint density at radius 3 is 2.20 bits per heavy atom. The van der Waals surface area contributed by atoms with Crippen molar-refractivity contribution in [1.82, 2.24) is 14.8 Å². The van der Waals surface area contributed by atoms with Crippen LogP contribution in [0, 0.1) is 17.3 Å². The first kappa shape index (κ1) is 27.9. The molecule has 2 saturated heterocycles. The first-order valence-corrected chi connectivity index (χ1v) is 14.0.